The molecule has 0 N–H and O–H groups in total. The third-order valence-corrected chi connectivity index (χ3v) is 2.99. The Morgan fingerprint density at radius 3 is 2.53 bits per heavy atom. The second-order valence-electron chi connectivity index (χ2n) is 4.89. The molecular formula is C13H19N3O. The number of pyridine rings is 1. The van der Waals surface area contributed by atoms with E-state index in [4.69, 9.17) is 0 Å². The Balaban J connectivity index is 1.96. The van der Waals surface area contributed by atoms with Gasteiger partial charge in [0.1, 0.15) is 5.82 Å². The monoisotopic (exact) mass is 233 g/mol. The molecule has 1 saturated carbocycles. The predicted octanol–water partition coefficient (Wildman–Crippen LogP) is 1.52. The predicted molar refractivity (Wildman–Crippen MR) is 67.8 cm³/mol. The Bertz CT molecular complexity index is 396. The van der Waals surface area contributed by atoms with Crippen molar-refractivity contribution in [2.75, 3.05) is 26.0 Å². The maximum absolute atomic E-state index is 11.8. The van der Waals surface area contributed by atoms with Gasteiger partial charge in [-0.1, -0.05) is 6.07 Å². The van der Waals surface area contributed by atoms with Crippen LogP contribution in [0.3, 0.4) is 0 Å². The minimum absolute atomic E-state index is 0.265. The van der Waals surface area contributed by atoms with Crippen molar-refractivity contribution in [3.8, 4) is 0 Å². The molecule has 1 aliphatic rings. The number of anilines is 1. The SMILES string of the molecule is CN(Cc1ccc(N(C)C)nc1)C(=O)C1CC1. The molecule has 0 saturated heterocycles. The summed E-state index contributed by atoms with van der Waals surface area (Å²) in [7, 11) is 5.79. The standard InChI is InChI=1S/C13H19N3O/c1-15(2)12-7-4-10(8-14-12)9-16(3)13(17)11-5-6-11/h4,7-8,11H,5-6,9H2,1-3H3. The number of aromatic nitrogens is 1. The van der Waals surface area contributed by atoms with Crippen molar-refractivity contribution in [3.63, 3.8) is 0 Å². The first-order valence-electron chi connectivity index (χ1n) is 5.95. The van der Waals surface area contributed by atoms with Gasteiger partial charge < -0.3 is 9.80 Å². The maximum atomic E-state index is 11.8. The van der Waals surface area contributed by atoms with E-state index in [-0.39, 0.29) is 11.8 Å². The summed E-state index contributed by atoms with van der Waals surface area (Å²) >= 11 is 0. The highest BCUT2D eigenvalue weighted by Gasteiger charge is 2.31. The zero-order valence-electron chi connectivity index (χ0n) is 10.7. The molecule has 1 aliphatic carbocycles. The van der Waals surface area contributed by atoms with Crippen LogP contribution in [0, 0.1) is 5.92 Å². The molecule has 92 valence electrons. The molecule has 0 aromatic carbocycles. The average molecular weight is 233 g/mol. The molecule has 4 heteroatoms. The van der Waals surface area contributed by atoms with Crippen LogP contribution in [-0.2, 0) is 11.3 Å². The Morgan fingerprint density at radius 1 is 1.35 bits per heavy atom. The highest BCUT2D eigenvalue weighted by atomic mass is 16.2. The number of hydrogen-bond acceptors (Lipinski definition) is 3. The molecule has 0 bridgehead atoms. The second kappa shape index (κ2) is 4.73. The van der Waals surface area contributed by atoms with Crippen LogP contribution in [-0.4, -0.2) is 36.9 Å². The molecule has 1 heterocycles. The topological polar surface area (TPSA) is 36.4 Å². The largest absolute Gasteiger partial charge is 0.363 e. The Hall–Kier alpha value is -1.58. The third kappa shape index (κ3) is 2.96. The summed E-state index contributed by atoms with van der Waals surface area (Å²) in [5, 5.41) is 0. The van der Waals surface area contributed by atoms with E-state index in [0.717, 1.165) is 24.2 Å². The summed E-state index contributed by atoms with van der Waals surface area (Å²) < 4.78 is 0. The summed E-state index contributed by atoms with van der Waals surface area (Å²) in [5.41, 5.74) is 1.08. The zero-order valence-corrected chi connectivity index (χ0v) is 10.7. The van der Waals surface area contributed by atoms with E-state index in [1.165, 1.54) is 0 Å². The zero-order chi connectivity index (χ0) is 12.4. The number of amides is 1. The molecule has 1 amide bonds. The number of rotatable bonds is 4. The van der Waals surface area contributed by atoms with E-state index in [1.807, 2.05) is 44.4 Å². The highest BCUT2D eigenvalue weighted by Crippen LogP contribution is 2.30. The number of nitrogens with zero attached hydrogens (tertiary/aromatic N) is 3. The fourth-order valence-corrected chi connectivity index (χ4v) is 1.77. The fourth-order valence-electron chi connectivity index (χ4n) is 1.77. The molecule has 4 nitrogen and oxygen atoms in total. The quantitative estimate of drug-likeness (QED) is 0.791. The summed E-state index contributed by atoms with van der Waals surface area (Å²) in [6.07, 6.45) is 3.95. The van der Waals surface area contributed by atoms with Gasteiger partial charge in [-0.15, -0.1) is 0 Å². The minimum Gasteiger partial charge on any atom is -0.363 e. The van der Waals surface area contributed by atoms with Crippen LogP contribution in [0.25, 0.3) is 0 Å². The van der Waals surface area contributed by atoms with Crippen molar-refractivity contribution in [2.45, 2.75) is 19.4 Å². The van der Waals surface area contributed by atoms with Crippen LogP contribution in [0.15, 0.2) is 18.3 Å². The molecule has 2 rings (SSSR count). The maximum Gasteiger partial charge on any atom is 0.225 e. The first kappa shape index (κ1) is 11.9. The number of hydrogen-bond donors (Lipinski definition) is 0. The van der Waals surface area contributed by atoms with Gasteiger partial charge in [0, 0.05) is 39.8 Å². The van der Waals surface area contributed by atoms with E-state index in [0.29, 0.717) is 6.54 Å². The molecule has 0 atom stereocenters. The lowest BCUT2D eigenvalue weighted by atomic mass is 10.2. The Labute approximate surface area is 102 Å². The van der Waals surface area contributed by atoms with Gasteiger partial charge >= 0.3 is 0 Å². The van der Waals surface area contributed by atoms with Crippen LogP contribution in [0.2, 0.25) is 0 Å². The van der Waals surface area contributed by atoms with Crippen LogP contribution < -0.4 is 4.90 Å². The molecule has 0 unspecified atom stereocenters. The van der Waals surface area contributed by atoms with E-state index >= 15 is 0 Å². The summed E-state index contributed by atoms with van der Waals surface area (Å²) in [6.45, 7) is 0.649. The molecule has 0 aliphatic heterocycles. The van der Waals surface area contributed by atoms with Crippen LogP contribution in [0.4, 0.5) is 5.82 Å². The summed E-state index contributed by atoms with van der Waals surface area (Å²) in [5.74, 6) is 1.49. The van der Waals surface area contributed by atoms with E-state index in [1.54, 1.807) is 4.90 Å². The molecule has 0 radical (unpaired) electrons. The van der Waals surface area contributed by atoms with Gasteiger partial charge in [-0.2, -0.15) is 0 Å². The van der Waals surface area contributed by atoms with E-state index in [2.05, 4.69) is 4.98 Å². The third-order valence-electron chi connectivity index (χ3n) is 2.99. The normalized spacial score (nSPS) is 14.5. The lowest BCUT2D eigenvalue weighted by molar-refractivity contribution is -0.131. The Morgan fingerprint density at radius 2 is 2.06 bits per heavy atom. The second-order valence-corrected chi connectivity index (χ2v) is 4.89. The van der Waals surface area contributed by atoms with Gasteiger partial charge in [0.05, 0.1) is 0 Å². The summed E-state index contributed by atoms with van der Waals surface area (Å²) in [4.78, 5) is 19.9. The van der Waals surface area contributed by atoms with Crippen LogP contribution in [0.5, 0.6) is 0 Å². The molecule has 1 fully saturated rings. The van der Waals surface area contributed by atoms with E-state index in [9.17, 15) is 4.79 Å². The first-order valence-corrected chi connectivity index (χ1v) is 5.95. The highest BCUT2D eigenvalue weighted by molar-refractivity contribution is 5.80. The van der Waals surface area contributed by atoms with Gasteiger partial charge in [0.2, 0.25) is 5.91 Å². The molecular weight excluding hydrogens is 214 g/mol. The molecule has 17 heavy (non-hydrogen) atoms. The number of carbonyl (C=O) groups excluding carboxylic acids is 1. The van der Waals surface area contributed by atoms with Gasteiger partial charge in [-0.05, 0) is 24.5 Å². The van der Waals surface area contributed by atoms with E-state index < -0.39 is 0 Å². The number of carbonyl (C=O) groups is 1. The van der Waals surface area contributed by atoms with Crippen LogP contribution in [0.1, 0.15) is 18.4 Å². The Kier molecular flexibility index (Phi) is 3.31. The minimum atomic E-state index is 0.265. The van der Waals surface area contributed by atoms with Gasteiger partial charge in [-0.3, -0.25) is 4.79 Å². The fraction of sp³-hybridized carbons (Fsp3) is 0.538. The lowest BCUT2D eigenvalue weighted by Crippen LogP contribution is -2.27. The van der Waals surface area contributed by atoms with Crippen molar-refractivity contribution >= 4 is 11.7 Å². The van der Waals surface area contributed by atoms with Gasteiger partial charge in [-0.25, -0.2) is 4.98 Å². The molecule has 0 spiro atoms. The van der Waals surface area contributed by atoms with Gasteiger partial charge in [0.25, 0.3) is 0 Å². The van der Waals surface area contributed by atoms with Crippen molar-refractivity contribution in [1.29, 1.82) is 0 Å². The lowest BCUT2D eigenvalue weighted by Gasteiger charge is -2.17. The average Bonchev–Trinajstić information content (AvgIpc) is 3.12. The van der Waals surface area contributed by atoms with Gasteiger partial charge in [0.15, 0.2) is 0 Å². The smallest absolute Gasteiger partial charge is 0.225 e. The molecule has 1 aromatic heterocycles. The first-order chi connectivity index (χ1) is 8.08. The van der Waals surface area contributed by atoms with Crippen molar-refractivity contribution in [2.24, 2.45) is 5.92 Å². The molecule has 1 aromatic rings. The van der Waals surface area contributed by atoms with Crippen molar-refractivity contribution in [1.82, 2.24) is 9.88 Å². The van der Waals surface area contributed by atoms with Crippen LogP contribution >= 0.6 is 0 Å². The van der Waals surface area contributed by atoms with Crippen molar-refractivity contribution < 1.29 is 4.79 Å². The van der Waals surface area contributed by atoms with Crippen molar-refractivity contribution in [3.05, 3.63) is 23.9 Å². The summed E-state index contributed by atoms with van der Waals surface area (Å²) in [6, 6.07) is 4.00.